The van der Waals surface area contributed by atoms with Crippen LogP contribution in [0.1, 0.15) is 21.7 Å². The SMILES string of the molecule is CN=C(NCCc1ccccc1F)NCc1cccc(NC(=O)c2ccco2)c1. The van der Waals surface area contributed by atoms with E-state index in [1.165, 1.54) is 12.3 Å². The van der Waals surface area contributed by atoms with Gasteiger partial charge in [-0.3, -0.25) is 9.79 Å². The third-order valence-corrected chi connectivity index (χ3v) is 4.26. The molecule has 3 N–H and O–H groups in total. The quantitative estimate of drug-likeness (QED) is 0.423. The minimum atomic E-state index is -0.300. The molecule has 0 aliphatic heterocycles. The fraction of sp³-hybridized carbons (Fsp3) is 0.182. The van der Waals surface area contributed by atoms with E-state index < -0.39 is 0 Å². The maximum absolute atomic E-state index is 13.7. The molecular weight excluding hydrogens is 371 g/mol. The zero-order chi connectivity index (χ0) is 20.5. The number of anilines is 1. The van der Waals surface area contributed by atoms with E-state index in [4.69, 9.17) is 4.42 Å². The number of guanidine groups is 1. The molecular formula is C22H23FN4O2. The van der Waals surface area contributed by atoms with Gasteiger partial charge in [-0.2, -0.15) is 0 Å². The summed E-state index contributed by atoms with van der Waals surface area (Å²) in [6.45, 7) is 1.07. The summed E-state index contributed by atoms with van der Waals surface area (Å²) in [5.74, 6) is 0.371. The number of aliphatic imine (C=N–C) groups is 1. The first kappa shape index (κ1) is 20.1. The number of halogens is 1. The Hall–Kier alpha value is -3.61. The zero-order valence-corrected chi connectivity index (χ0v) is 16.1. The predicted octanol–water partition coefficient (Wildman–Crippen LogP) is 3.58. The van der Waals surface area contributed by atoms with Gasteiger partial charge in [0, 0.05) is 25.8 Å². The second-order valence-corrected chi connectivity index (χ2v) is 6.33. The van der Waals surface area contributed by atoms with Crippen LogP contribution in [-0.2, 0) is 13.0 Å². The summed E-state index contributed by atoms with van der Waals surface area (Å²) in [6, 6.07) is 17.5. The van der Waals surface area contributed by atoms with Gasteiger partial charge in [-0.1, -0.05) is 30.3 Å². The van der Waals surface area contributed by atoms with Crippen molar-refractivity contribution in [2.24, 2.45) is 4.99 Å². The number of hydrogen-bond donors (Lipinski definition) is 3. The van der Waals surface area contributed by atoms with Gasteiger partial charge in [0.2, 0.25) is 0 Å². The third kappa shape index (κ3) is 5.93. The average Bonchev–Trinajstić information content (AvgIpc) is 3.27. The number of amides is 1. The van der Waals surface area contributed by atoms with Crippen LogP contribution in [0.4, 0.5) is 10.1 Å². The van der Waals surface area contributed by atoms with Crippen LogP contribution in [0.2, 0.25) is 0 Å². The van der Waals surface area contributed by atoms with Crippen LogP contribution in [0.5, 0.6) is 0 Å². The van der Waals surface area contributed by atoms with Crippen molar-refractivity contribution in [3.8, 4) is 0 Å². The molecule has 1 aromatic heterocycles. The van der Waals surface area contributed by atoms with Crippen LogP contribution in [0.15, 0.2) is 76.3 Å². The summed E-state index contributed by atoms with van der Waals surface area (Å²) in [5.41, 5.74) is 2.31. The molecule has 0 aliphatic rings. The number of rotatable bonds is 7. The molecule has 0 spiro atoms. The van der Waals surface area contributed by atoms with E-state index in [2.05, 4.69) is 20.9 Å². The first-order chi connectivity index (χ1) is 14.2. The van der Waals surface area contributed by atoms with Gasteiger partial charge in [-0.25, -0.2) is 4.39 Å². The van der Waals surface area contributed by atoms with Gasteiger partial charge >= 0.3 is 0 Å². The van der Waals surface area contributed by atoms with Crippen molar-refractivity contribution in [1.82, 2.24) is 10.6 Å². The van der Waals surface area contributed by atoms with Crippen LogP contribution in [0.3, 0.4) is 0 Å². The summed E-state index contributed by atoms with van der Waals surface area (Å²) in [5, 5.41) is 9.18. The van der Waals surface area contributed by atoms with Crippen LogP contribution >= 0.6 is 0 Å². The highest BCUT2D eigenvalue weighted by Gasteiger charge is 2.09. The average molecular weight is 394 g/mol. The molecule has 2 aromatic carbocycles. The Kier molecular flexibility index (Phi) is 7.00. The number of nitrogens with zero attached hydrogens (tertiary/aromatic N) is 1. The number of carbonyl (C=O) groups is 1. The van der Waals surface area contributed by atoms with Crippen LogP contribution in [-0.4, -0.2) is 25.5 Å². The molecule has 0 unspecified atom stereocenters. The van der Waals surface area contributed by atoms with Gasteiger partial charge in [0.15, 0.2) is 11.7 Å². The minimum Gasteiger partial charge on any atom is -0.459 e. The van der Waals surface area contributed by atoms with E-state index in [1.807, 2.05) is 30.3 Å². The van der Waals surface area contributed by atoms with E-state index >= 15 is 0 Å². The van der Waals surface area contributed by atoms with Gasteiger partial charge in [0.05, 0.1) is 6.26 Å². The predicted molar refractivity (Wildman–Crippen MR) is 111 cm³/mol. The van der Waals surface area contributed by atoms with Crippen molar-refractivity contribution in [3.63, 3.8) is 0 Å². The Morgan fingerprint density at radius 1 is 1.07 bits per heavy atom. The van der Waals surface area contributed by atoms with Gasteiger partial charge < -0.3 is 20.4 Å². The van der Waals surface area contributed by atoms with E-state index in [-0.39, 0.29) is 17.5 Å². The fourth-order valence-corrected chi connectivity index (χ4v) is 2.78. The second kappa shape index (κ2) is 10.1. The number of carbonyl (C=O) groups excluding carboxylic acids is 1. The Labute approximate surface area is 168 Å². The molecule has 0 radical (unpaired) electrons. The topological polar surface area (TPSA) is 78.7 Å². The molecule has 150 valence electrons. The molecule has 6 nitrogen and oxygen atoms in total. The second-order valence-electron chi connectivity index (χ2n) is 6.33. The molecule has 0 aliphatic carbocycles. The fourth-order valence-electron chi connectivity index (χ4n) is 2.78. The smallest absolute Gasteiger partial charge is 0.291 e. The molecule has 0 bridgehead atoms. The van der Waals surface area contributed by atoms with Crippen molar-refractivity contribution in [2.45, 2.75) is 13.0 Å². The highest BCUT2D eigenvalue weighted by Crippen LogP contribution is 2.12. The summed E-state index contributed by atoms with van der Waals surface area (Å²) < 4.78 is 18.8. The standard InChI is InChI=1S/C22H23FN4O2/c1-24-22(25-12-11-17-7-2-3-9-19(17)23)26-15-16-6-4-8-18(14-16)27-21(28)20-10-5-13-29-20/h2-10,13-14H,11-12,15H2,1H3,(H,27,28)(H2,24,25,26). The lowest BCUT2D eigenvalue weighted by molar-refractivity contribution is 0.0996. The Bertz CT molecular complexity index is 970. The first-order valence-electron chi connectivity index (χ1n) is 9.27. The highest BCUT2D eigenvalue weighted by molar-refractivity contribution is 6.02. The summed E-state index contributed by atoms with van der Waals surface area (Å²) >= 11 is 0. The number of furan rings is 1. The lowest BCUT2D eigenvalue weighted by Gasteiger charge is -2.13. The Morgan fingerprint density at radius 2 is 1.93 bits per heavy atom. The lowest BCUT2D eigenvalue weighted by Crippen LogP contribution is -2.37. The molecule has 0 saturated heterocycles. The van der Waals surface area contributed by atoms with Crippen molar-refractivity contribution in [1.29, 1.82) is 0 Å². The van der Waals surface area contributed by atoms with Gasteiger partial charge in [0.25, 0.3) is 5.91 Å². The largest absolute Gasteiger partial charge is 0.459 e. The van der Waals surface area contributed by atoms with Crippen LogP contribution in [0, 0.1) is 5.82 Å². The third-order valence-electron chi connectivity index (χ3n) is 4.26. The summed E-state index contributed by atoms with van der Waals surface area (Å²) in [7, 11) is 1.68. The van der Waals surface area contributed by atoms with Crippen molar-refractivity contribution >= 4 is 17.6 Å². The molecule has 0 saturated carbocycles. The normalized spacial score (nSPS) is 11.2. The molecule has 7 heteroatoms. The highest BCUT2D eigenvalue weighted by atomic mass is 19.1. The van der Waals surface area contributed by atoms with Crippen LogP contribution in [0.25, 0.3) is 0 Å². The lowest BCUT2D eigenvalue weighted by atomic mass is 10.1. The summed E-state index contributed by atoms with van der Waals surface area (Å²) in [4.78, 5) is 16.3. The van der Waals surface area contributed by atoms with Gasteiger partial charge in [0.1, 0.15) is 5.82 Å². The maximum Gasteiger partial charge on any atom is 0.291 e. The molecule has 3 rings (SSSR count). The number of benzene rings is 2. The molecule has 3 aromatic rings. The van der Waals surface area contributed by atoms with Crippen molar-refractivity contribution in [3.05, 3.63) is 89.6 Å². The number of hydrogen-bond acceptors (Lipinski definition) is 3. The van der Waals surface area contributed by atoms with E-state index in [9.17, 15) is 9.18 Å². The molecule has 0 atom stereocenters. The molecule has 0 fully saturated rings. The zero-order valence-electron chi connectivity index (χ0n) is 16.1. The van der Waals surface area contributed by atoms with Crippen molar-refractivity contribution in [2.75, 3.05) is 18.9 Å². The molecule has 1 amide bonds. The van der Waals surface area contributed by atoms with Crippen LogP contribution < -0.4 is 16.0 Å². The summed E-state index contributed by atoms with van der Waals surface area (Å²) in [6.07, 6.45) is 2.02. The Balaban J connectivity index is 1.49. The van der Waals surface area contributed by atoms with E-state index in [0.717, 1.165) is 5.56 Å². The number of nitrogens with one attached hydrogen (secondary N) is 3. The monoisotopic (exact) mass is 394 g/mol. The minimum absolute atomic E-state index is 0.203. The first-order valence-corrected chi connectivity index (χ1v) is 9.27. The van der Waals surface area contributed by atoms with Crippen molar-refractivity contribution < 1.29 is 13.6 Å². The van der Waals surface area contributed by atoms with Gasteiger partial charge in [-0.15, -0.1) is 0 Å². The van der Waals surface area contributed by atoms with E-state index in [1.54, 1.807) is 31.3 Å². The maximum atomic E-state index is 13.7. The van der Waals surface area contributed by atoms with Gasteiger partial charge in [-0.05, 0) is 47.9 Å². The molecule has 1 heterocycles. The van der Waals surface area contributed by atoms with E-state index in [0.29, 0.717) is 36.7 Å². The molecule has 29 heavy (non-hydrogen) atoms. The Morgan fingerprint density at radius 3 is 2.69 bits per heavy atom.